The summed E-state index contributed by atoms with van der Waals surface area (Å²) in [6.07, 6.45) is 0. The zero-order valence-electron chi connectivity index (χ0n) is 6.55. The molecule has 1 nitrogen and oxygen atoms in total. The lowest BCUT2D eigenvalue weighted by atomic mass is 10.1. The molecule has 0 amide bonds. The molecular weight excluding hydrogens is 200 g/mol. The Morgan fingerprint density at radius 2 is 2.08 bits per heavy atom. The molecule has 12 heavy (non-hydrogen) atoms. The first-order valence-corrected chi connectivity index (χ1v) is 3.70. The van der Waals surface area contributed by atoms with Gasteiger partial charge in [-0.25, -0.2) is 4.39 Å². The molecule has 0 aliphatic rings. The molecule has 68 valence electrons. The standard InChI is InChI=1S/C8H9ClFN.ClH/c1-5(11)6-3-2-4-7(9)8(6)10;/h2-5H,11H2,1H3;1H/t5-;/m0./s1. The second kappa shape index (κ2) is 4.65. The lowest BCUT2D eigenvalue weighted by Crippen LogP contribution is -2.07. The van der Waals surface area contributed by atoms with Crippen LogP contribution < -0.4 is 5.73 Å². The van der Waals surface area contributed by atoms with E-state index in [1.807, 2.05) is 0 Å². The highest BCUT2D eigenvalue weighted by molar-refractivity contribution is 6.30. The van der Waals surface area contributed by atoms with Crippen LogP contribution in [0, 0.1) is 5.82 Å². The molecule has 0 heterocycles. The lowest BCUT2D eigenvalue weighted by Gasteiger charge is -2.06. The first-order valence-electron chi connectivity index (χ1n) is 3.32. The quantitative estimate of drug-likeness (QED) is 0.757. The van der Waals surface area contributed by atoms with Crippen molar-refractivity contribution in [1.82, 2.24) is 0 Å². The fourth-order valence-corrected chi connectivity index (χ4v) is 1.05. The third-order valence-corrected chi connectivity index (χ3v) is 1.76. The average molecular weight is 210 g/mol. The van der Waals surface area contributed by atoms with Crippen LogP contribution in [0.25, 0.3) is 0 Å². The molecule has 2 N–H and O–H groups in total. The minimum Gasteiger partial charge on any atom is -0.324 e. The van der Waals surface area contributed by atoms with Crippen molar-refractivity contribution in [3.05, 3.63) is 34.6 Å². The maximum Gasteiger partial charge on any atom is 0.146 e. The molecule has 0 aliphatic carbocycles. The van der Waals surface area contributed by atoms with E-state index < -0.39 is 5.82 Å². The van der Waals surface area contributed by atoms with Crippen molar-refractivity contribution in [1.29, 1.82) is 0 Å². The summed E-state index contributed by atoms with van der Waals surface area (Å²) in [5.74, 6) is -0.413. The molecule has 1 rings (SSSR count). The van der Waals surface area contributed by atoms with Gasteiger partial charge in [0.05, 0.1) is 5.02 Å². The number of hydrogen-bond acceptors (Lipinski definition) is 1. The summed E-state index contributed by atoms with van der Waals surface area (Å²) >= 11 is 5.53. The largest absolute Gasteiger partial charge is 0.324 e. The Morgan fingerprint density at radius 1 is 1.50 bits per heavy atom. The Hall–Kier alpha value is -0.310. The van der Waals surface area contributed by atoms with Crippen LogP contribution in [0.2, 0.25) is 5.02 Å². The molecular formula is C8H10Cl2FN. The van der Waals surface area contributed by atoms with E-state index in [4.69, 9.17) is 17.3 Å². The van der Waals surface area contributed by atoms with Gasteiger partial charge in [0, 0.05) is 11.6 Å². The van der Waals surface area contributed by atoms with Gasteiger partial charge < -0.3 is 5.73 Å². The minimum atomic E-state index is -0.413. The van der Waals surface area contributed by atoms with Crippen molar-refractivity contribution < 1.29 is 4.39 Å². The van der Waals surface area contributed by atoms with E-state index in [1.54, 1.807) is 19.1 Å². The average Bonchev–Trinajstić information content (AvgIpc) is 1.94. The minimum absolute atomic E-state index is 0. The third kappa shape index (κ3) is 2.34. The van der Waals surface area contributed by atoms with Gasteiger partial charge in [-0.05, 0) is 13.0 Å². The predicted molar refractivity (Wildman–Crippen MR) is 51.3 cm³/mol. The topological polar surface area (TPSA) is 26.0 Å². The summed E-state index contributed by atoms with van der Waals surface area (Å²) in [4.78, 5) is 0. The normalized spacial score (nSPS) is 12.0. The summed E-state index contributed by atoms with van der Waals surface area (Å²) in [5.41, 5.74) is 5.94. The van der Waals surface area contributed by atoms with Gasteiger partial charge in [-0.1, -0.05) is 23.7 Å². The van der Waals surface area contributed by atoms with Crippen molar-refractivity contribution in [2.24, 2.45) is 5.73 Å². The van der Waals surface area contributed by atoms with E-state index in [2.05, 4.69) is 0 Å². The van der Waals surface area contributed by atoms with Gasteiger partial charge in [0.1, 0.15) is 5.82 Å². The predicted octanol–water partition coefficient (Wildman–Crippen LogP) is 2.92. The van der Waals surface area contributed by atoms with Crippen LogP contribution in [0.15, 0.2) is 18.2 Å². The SMILES string of the molecule is C[C@H](N)c1cccc(Cl)c1F.Cl. The fraction of sp³-hybridized carbons (Fsp3) is 0.250. The third-order valence-electron chi connectivity index (χ3n) is 1.47. The highest BCUT2D eigenvalue weighted by Gasteiger charge is 2.08. The zero-order valence-corrected chi connectivity index (χ0v) is 8.12. The van der Waals surface area contributed by atoms with Crippen LogP contribution in [-0.4, -0.2) is 0 Å². The van der Waals surface area contributed by atoms with Gasteiger partial charge in [0.15, 0.2) is 0 Å². The Labute approximate surface area is 82.1 Å². The molecule has 0 aliphatic heterocycles. The molecule has 1 aromatic rings. The maximum absolute atomic E-state index is 13.0. The van der Waals surface area contributed by atoms with Crippen molar-refractivity contribution in [3.63, 3.8) is 0 Å². The van der Waals surface area contributed by atoms with Crippen LogP contribution in [0.1, 0.15) is 18.5 Å². The van der Waals surface area contributed by atoms with Crippen LogP contribution in [0.3, 0.4) is 0 Å². The van der Waals surface area contributed by atoms with Gasteiger partial charge in [-0.3, -0.25) is 0 Å². The van der Waals surface area contributed by atoms with Gasteiger partial charge in [0.2, 0.25) is 0 Å². The van der Waals surface area contributed by atoms with E-state index in [0.29, 0.717) is 5.56 Å². The zero-order chi connectivity index (χ0) is 8.43. The number of benzene rings is 1. The molecule has 0 saturated heterocycles. The molecule has 4 heteroatoms. The Kier molecular flexibility index (Phi) is 4.53. The molecule has 0 spiro atoms. The highest BCUT2D eigenvalue weighted by atomic mass is 35.5. The van der Waals surface area contributed by atoms with Crippen molar-refractivity contribution in [2.75, 3.05) is 0 Å². The molecule has 0 bridgehead atoms. The summed E-state index contributed by atoms with van der Waals surface area (Å²) in [6, 6.07) is 4.51. The molecule has 0 fully saturated rings. The molecule has 1 aromatic carbocycles. The molecule has 0 saturated carbocycles. The molecule has 0 unspecified atom stereocenters. The summed E-state index contributed by atoms with van der Waals surface area (Å²) in [5, 5.41) is 0.125. The highest BCUT2D eigenvalue weighted by Crippen LogP contribution is 2.21. The first kappa shape index (κ1) is 11.7. The first-order chi connectivity index (χ1) is 5.13. The van der Waals surface area contributed by atoms with E-state index in [1.165, 1.54) is 6.07 Å². The fourth-order valence-electron chi connectivity index (χ4n) is 0.872. The summed E-state index contributed by atoms with van der Waals surface area (Å²) < 4.78 is 13.0. The van der Waals surface area contributed by atoms with Gasteiger partial charge in [-0.15, -0.1) is 12.4 Å². The number of hydrogen-bond donors (Lipinski definition) is 1. The number of rotatable bonds is 1. The van der Waals surface area contributed by atoms with Crippen LogP contribution in [-0.2, 0) is 0 Å². The molecule has 1 atom stereocenters. The van der Waals surface area contributed by atoms with E-state index in [0.717, 1.165) is 0 Å². The lowest BCUT2D eigenvalue weighted by molar-refractivity contribution is 0.594. The second-order valence-electron chi connectivity index (χ2n) is 2.43. The van der Waals surface area contributed by atoms with Gasteiger partial charge in [-0.2, -0.15) is 0 Å². The Morgan fingerprint density at radius 3 is 2.50 bits per heavy atom. The van der Waals surface area contributed by atoms with Crippen LogP contribution in [0.5, 0.6) is 0 Å². The van der Waals surface area contributed by atoms with Crippen molar-refractivity contribution in [2.45, 2.75) is 13.0 Å². The van der Waals surface area contributed by atoms with E-state index in [-0.39, 0.29) is 23.5 Å². The molecule has 0 aromatic heterocycles. The van der Waals surface area contributed by atoms with Crippen LogP contribution in [0.4, 0.5) is 4.39 Å². The summed E-state index contributed by atoms with van der Waals surface area (Å²) in [7, 11) is 0. The second-order valence-corrected chi connectivity index (χ2v) is 2.84. The van der Waals surface area contributed by atoms with Crippen molar-refractivity contribution in [3.8, 4) is 0 Å². The van der Waals surface area contributed by atoms with E-state index in [9.17, 15) is 4.39 Å². The van der Waals surface area contributed by atoms with Crippen molar-refractivity contribution >= 4 is 24.0 Å². The van der Waals surface area contributed by atoms with Gasteiger partial charge >= 0.3 is 0 Å². The monoisotopic (exact) mass is 209 g/mol. The molecule has 0 radical (unpaired) electrons. The van der Waals surface area contributed by atoms with Crippen LogP contribution >= 0.6 is 24.0 Å². The summed E-state index contributed by atoms with van der Waals surface area (Å²) in [6.45, 7) is 1.72. The maximum atomic E-state index is 13.0. The Balaban J connectivity index is 0.00000121. The number of nitrogens with two attached hydrogens (primary N) is 1. The van der Waals surface area contributed by atoms with E-state index >= 15 is 0 Å². The number of halogens is 3. The Bertz CT molecular complexity index is 263. The smallest absolute Gasteiger partial charge is 0.146 e. The van der Waals surface area contributed by atoms with Gasteiger partial charge in [0.25, 0.3) is 0 Å².